The van der Waals surface area contributed by atoms with E-state index in [1.165, 1.54) is 23.8 Å². The molecule has 10 nitrogen and oxygen atoms in total. The SMILES string of the molecule is CN(Cc1nc(Br)cs1)C(=O)c1cc(-c2ncco2)nc(-c2nnc([C@@](C)(N)Cc3ccccc3)o2)c1. The highest BCUT2D eigenvalue weighted by Gasteiger charge is 2.29. The van der Waals surface area contributed by atoms with Crippen LogP contribution < -0.4 is 5.73 Å². The van der Waals surface area contributed by atoms with E-state index in [-0.39, 0.29) is 23.6 Å². The molecular formula is C25H22BrN7O3S. The molecule has 5 rings (SSSR count). The maximum atomic E-state index is 13.4. The number of oxazole rings is 1. The normalized spacial score (nSPS) is 12.9. The Morgan fingerprint density at radius 1 is 1.14 bits per heavy atom. The highest BCUT2D eigenvalue weighted by atomic mass is 79.9. The molecular weight excluding hydrogens is 558 g/mol. The monoisotopic (exact) mass is 579 g/mol. The number of halogens is 1. The van der Waals surface area contributed by atoms with Crippen molar-refractivity contribution in [1.29, 1.82) is 0 Å². The fraction of sp³-hybridized carbons (Fsp3) is 0.200. The van der Waals surface area contributed by atoms with Crippen molar-refractivity contribution in [2.45, 2.75) is 25.4 Å². The number of hydrogen-bond acceptors (Lipinski definition) is 10. The van der Waals surface area contributed by atoms with Gasteiger partial charge in [-0.05, 0) is 47.0 Å². The molecule has 4 heterocycles. The molecule has 0 bridgehead atoms. The summed E-state index contributed by atoms with van der Waals surface area (Å²) in [4.78, 5) is 28.0. The largest absolute Gasteiger partial charge is 0.443 e. The van der Waals surface area contributed by atoms with E-state index >= 15 is 0 Å². The summed E-state index contributed by atoms with van der Waals surface area (Å²) in [7, 11) is 1.71. The lowest BCUT2D eigenvalue weighted by molar-refractivity contribution is 0.0785. The quantitative estimate of drug-likeness (QED) is 0.277. The number of amides is 1. The minimum Gasteiger partial charge on any atom is -0.443 e. The Hall–Kier alpha value is -3.74. The van der Waals surface area contributed by atoms with Gasteiger partial charge in [0.15, 0.2) is 0 Å². The van der Waals surface area contributed by atoms with E-state index < -0.39 is 5.54 Å². The molecule has 12 heteroatoms. The lowest BCUT2D eigenvalue weighted by Gasteiger charge is -2.20. The first-order valence-electron chi connectivity index (χ1n) is 11.2. The third kappa shape index (κ3) is 5.66. The van der Waals surface area contributed by atoms with Gasteiger partial charge in [0.1, 0.15) is 27.3 Å². The van der Waals surface area contributed by atoms with Gasteiger partial charge < -0.3 is 19.5 Å². The topological polar surface area (TPSA) is 137 Å². The smallest absolute Gasteiger partial charge is 0.266 e. The molecule has 0 saturated carbocycles. The van der Waals surface area contributed by atoms with E-state index in [4.69, 9.17) is 14.6 Å². The number of carbonyl (C=O) groups excluding carboxylic acids is 1. The molecule has 5 aromatic rings. The van der Waals surface area contributed by atoms with Gasteiger partial charge in [-0.1, -0.05) is 30.3 Å². The van der Waals surface area contributed by atoms with E-state index in [0.717, 1.165) is 15.2 Å². The average Bonchev–Trinajstić information content (AvgIpc) is 3.66. The number of benzene rings is 1. The van der Waals surface area contributed by atoms with Crippen LogP contribution >= 0.6 is 27.3 Å². The number of thiazole rings is 1. The Morgan fingerprint density at radius 3 is 2.57 bits per heavy atom. The van der Waals surface area contributed by atoms with Gasteiger partial charge in [0.25, 0.3) is 11.8 Å². The molecule has 0 aliphatic carbocycles. The van der Waals surface area contributed by atoms with Crippen LogP contribution in [0.25, 0.3) is 23.2 Å². The van der Waals surface area contributed by atoms with Gasteiger partial charge >= 0.3 is 0 Å². The highest BCUT2D eigenvalue weighted by Crippen LogP contribution is 2.28. The molecule has 37 heavy (non-hydrogen) atoms. The van der Waals surface area contributed by atoms with Crippen LogP contribution in [0.3, 0.4) is 0 Å². The molecule has 1 atom stereocenters. The second kappa shape index (κ2) is 10.3. The number of hydrogen-bond donors (Lipinski definition) is 1. The molecule has 0 fully saturated rings. The minimum absolute atomic E-state index is 0.133. The summed E-state index contributed by atoms with van der Waals surface area (Å²) in [6, 6.07) is 13.0. The molecule has 0 unspecified atom stereocenters. The lowest BCUT2D eigenvalue weighted by Crippen LogP contribution is -2.35. The summed E-state index contributed by atoms with van der Waals surface area (Å²) in [6.45, 7) is 2.17. The fourth-order valence-electron chi connectivity index (χ4n) is 3.73. The Labute approximate surface area is 224 Å². The summed E-state index contributed by atoms with van der Waals surface area (Å²) >= 11 is 4.81. The molecule has 2 N–H and O–H groups in total. The molecule has 0 aliphatic heterocycles. The third-order valence-corrected chi connectivity index (χ3v) is 7.06. The van der Waals surface area contributed by atoms with Gasteiger partial charge in [-0.15, -0.1) is 21.5 Å². The zero-order valence-electron chi connectivity index (χ0n) is 20.0. The van der Waals surface area contributed by atoms with E-state index in [1.807, 2.05) is 42.6 Å². The van der Waals surface area contributed by atoms with Crippen LogP contribution in [0.1, 0.15) is 33.7 Å². The van der Waals surface area contributed by atoms with Crippen LogP contribution in [0.5, 0.6) is 0 Å². The van der Waals surface area contributed by atoms with Crippen LogP contribution in [0.4, 0.5) is 0 Å². The van der Waals surface area contributed by atoms with Crippen molar-refractivity contribution in [1.82, 2.24) is 30.0 Å². The Balaban J connectivity index is 1.47. The first-order chi connectivity index (χ1) is 17.8. The molecule has 1 amide bonds. The number of nitrogens with two attached hydrogens (primary N) is 1. The van der Waals surface area contributed by atoms with E-state index in [1.54, 1.807) is 24.1 Å². The van der Waals surface area contributed by atoms with Gasteiger partial charge in [0, 0.05) is 18.0 Å². The van der Waals surface area contributed by atoms with E-state index in [0.29, 0.717) is 29.9 Å². The third-order valence-electron chi connectivity index (χ3n) is 5.51. The number of carbonyl (C=O) groups is 1. The molecule has 1 aromatic carbocycles. The molecule has 0 saturated heterocycles. The second-order valence-corrected chi connectivity index (χ2v) is 10.4. The van der Waals surface area contributed by atoms with Crippen LogP contribution in [0.15, 0.2) is 73.7 Å². The number of rotatable bonds is 8. The zero-order valence-corrected chi connectivity index (χ0v) is 22.4. The summed E-state index contributed by atoms with van der Waals surface area (Å²) in [5, 5.41) is 11.0. The summed E-state index contributed by atoms with van der Waals surface area (Å²) in [5.74, 6) is 0.410. The van der Waals surface area contributed by atoms with Gasteiger partial charge in [-0.3, -0.25) is 4.79 Å². The fourth-order valence-corrected chi connectivity index (χ4v) is 5.05. The van der Waals surface area contributed by atoms with Crippen molar-refractivity contribution in [2.24, 2.45) is 5.73 Å². The van der Waals surface area contributed by atoms with E-state index in [2.05, 4.69) is 41.1 Å². The number of aromatic nitrogens is 5. The molecule has 4 aromatic heterocycles. The van der Waals surface area contributed by atoms with Crippen molar-refractivity contribution in [2.75, 3.05) is 7.05 Å². The Kier molecular flexibility index (Phi) is 6.96. The standard InChI is InChI=1S/C25H22BrN7O3S/c1-25(27,12-15-6-4-3-5-7-15)24-32-31-22(36-24)18-11-16(10-17(29-18)21-28-8-9-35-21)23(34)33(2)13-20-30-19(26)14-37-20/h3-11,14H,12-13,27H2,1-2H3/t25-/m0/s1. The van der Waals surface area contributed by atoms with Crippen LogP contribution in [-0.2, 0) is 18.5 Å². The summed E-state index contributed by atoms with van der Waals surface area (Å²) in [6.07, 6.45) is 3.44. The van der Waals surface area contributed by atoms with E-state index in [9.17, 15) is 4.79 Å². The van der Waals surface area contributed by atoms with Crippen molar-refractivity contribution in [3.05, 3.63) is 86.9 Å². The van der Waals surface area contributed by atoms with Crippen LogP contribution in [0.2, 0.25) is 0 Å². The Morgan fingerprint density at radius 2 is 1.89 bits per heavy atom. The van der Waals surface area contributed by atoms with Gasteiger partial charge in [0.05, 0.1) is 18.3 Å². The lowest BCUT2D eigenvalue weighted by atomic mass is 9.94. The van der Waals surface area contributed by atoms with Crippen LogP contribution in [0, 0.1) is 0 Å². The Bertz CT molecular complexity index is 1520. The second-order valence-electron chi connectivity index (χ2n) is 8.68. The minimum atomic E-state index is -0.909. The van der Waals surface area contributed by atoms with Gasteiger partial charge in [-0.2, -0.15) is 0 Å². The molecule has 188 valence electrons. The summed E-state index contributed by atoms with van der Waals surface area (Å²) in [5.41, 5.74) is 7.70. The average molecular weight is 580 g/mol. The predicted molar refractivity (Wildman–Crippen MR) is 140 cm³/mol. The first kappa shape index (κ1) is 24.9. The van der Waals surface area contributed by atoms with Crippen molar-refractivity contribution >= 4 is 33.2 Å². The van der Waals surface area contributed by atoms with Crippen molar-refractivity contribution in [3.8, 4) is 23.2 Å². The van der Waals surface area contributed by atoms with Gasteiger partial charge in [-0.25, -0.2) is 15.0 Å². The van der Waals surface area contributed by atoms with Gasteiger partial charge in [0.2, 0.25) is 11.8 Å². The maximum Gasteiger partial charge on any atom is 0.266 e. The predicted octanol–water partition coefficient (Wildman–Crippen LogP) is 4.69. The number of pyridine rings is 1. The first-order valence-corrected chi connectivity index (χ1v) is 12.9. The molecule has 0 radical (unpaired) electrons. The zero-order chi connectivity index (χ0) is 26.0. The van der Waals surface area contributed by atoms with Crippen LogP contribution in [-0.4, -0.2) is 43.0 Å². The number of nitrogens with zero attached hydrogens (tertiary/aromatic N) is 6. The van der Waals surface area contributed by atoms with Crippen molar-refractivity contribution in [3.63, 3.8) is 0 Å². The molecule has 0 aliphatic rings. The molecule has 0 spiro atoms. The highest BCUT2D eigenvalue weighted by molar-refractivity contribution is 9.10. The maximum absolute atomic E-state index is 13.4. The summed E-state index contributed by atoms with van der Waals surface area (Å²) < 4.78 is 12.1. The van der Waals surface area contributed by atoms with Crippen molar-refractivity contribution < 1.29 is 13.6 Å².